The number of anilines is 1. The lowest BCUT2D eigenvalue weighted by molar-refractivity contribution is -0.386. The van der Waals surface area contributed by atoms with E-state index in [1.165, 1.54) is 12.1 Å². The molecule has 0 unspecified atom stereocenters. The first-order valence-corrected chi connectivity index (χ1v) is 8.08. The van der Waals surface area contributed by atoms with Crippen molar-refractivity contribution in [3.63, 3.8) is 0 Å². The smallest absolute Gasteiger partial charge is 0.327 e. The number of benzene rings is 2. The molecule has 7 heteroatoms. The van der Waals surface area contributed by atoms with Crippen molar-refractivity contribution >= 4 is 11.4 Å². The number of nitrogens with zero attached hydrogens (tertiary/aromatic N) is 2. The number of ether oxygens (including phenoxy) is 1. The number of halogens is 1. The first-order chi connectivity index (χ1) is 12.1. The maximum Gasteiger partial charge on any atom is 0.327 e. The first kappa shape index (κ1) is 17.3. The molecule has 0 bridgehead atoms. The van der Waals surface area contributed by atoms with Crippen LogP contribution in [0, 0.1) is 15.9 Å². The number of nitro groups is 1. The van der Waals surface area contributed by atoms with Crippen molar-refractivity contribution in [2.45, 2.75) is 18.6 Å². The van der Waals surface area contributed by atoms with Crippen LogP contribution in [0.15, 0.2) is 48.5 Å². The predicted octanol–water partition coefficient (Wildman–Crippen LogP) is 3.06. The van der Waals surface area contributed by atoms with Gasteiger partial charge in [-0.05, 0) is 17.7 Å². The summed E-state index contributed by atoms with van der Waals surface area (Å²) in [5, 5.41) is 21.8. The van der Waals surface area contributed by atoms with Crippen LogP contribution >= 0.6 is 0 Å². The monoisotopic (exact) mass is 346 g/mol. The van der Waals surface area contributed by atoms with Crippen LogP contribution in [-0.4, -0.2) is 35.8 Å². The van der Waals surface area contributed by atoms with Gasteiger partial charge in [-0.15, -0.1) is 0 Å². The number of rotatable bonds is 5. The Morgan fingerprint density at radius 1 is 1.28 bits per heavy atom. The molecular weight excluding hydrogens is 327 g/mol. The minimum absolute atomic E-state index is 0.221. The molecular formula is C18H19FN2O4. The quantitative estimate of drug-likeness (QED) is 0.665. The zero-order valence-corrected chi connectivity index (χ0v) is 13.5. The summed E-state index contributed by atoms with van der Waals surface area (Å²) in [4.78, 5) is 12.4. The number of hydrogen-bond acceptors (Lipinski definition) is 5. The fourth-order valence-electron chi connectivity index (χ4n) is 3.15. The molecule has 1 aliphatic rings. The first-order valence-electron chi connectivity index (χ1n) is 8.08. The third-order valence-corrected chi connectivity index (χ3v) is 4.36. The summed E-state index contributed by atoms with van der Waals surface area (Å²) in [7, 11) is 0. The number of morpholine rings is 1. The molecule has 2 aromatic carbocycles. The van der Waals surface area contributed by atoms with Gasteiger partial charge in [-0.25, -0.2) is 0 Å². The molecule has 2 aromatic rings. The van der Waals surface area contributed by atoms with Crippen molar-refractivity contribution in [1.29, 1.82) is 0 Å². The summed E-state index contributed by atoms with van der Waals surface area (Å²) >= 11 is 0. The average Bonchev–Trinajstić information content (AvgIpc) is 2.62. The maximum absolute atomic E-state index is 14.0. The highest BCUT2D eigenvalue weighted by Gasteiger charge is 2.32. The molecule has 1 saturated heterocycles. The maximum atomic E-state index is 14.0. The Hall–Kier alpha value is -2.51. The number of para-hydroxylation sites is 1. The van der Waals surface area contributed by atoms with E-state index in [0.29, 0.717) is 26.2 Å². The number of aliphatic hydroxyl groups excluding tert-OH is 1. The van der Waals surface area contributed by atoms with Gasteiger partial charge in [0.25, 0.3) is 0 Å². The summed E-state index contributed by atoms with van der Waals surface area (Å²) < 4.78 is 19.4. The molecule has 0 radical (unpaired) electrons. The fraction of sp³-hybridized carbons (Fsp3) is 0.333. The Balaban J connectivity index is 1.87. The topological polar surface area (TPSA) is 75.8 Å². The summed E-state index contributed by atoms with van der Waals surface area (Å²) in [5.74, 6) is -0.864. The van der Waals surface area contributed by atoms with E-state index in [2.05, 4.69) is 0 Å². The minimum Gasteiger partial charge on any atom is -0.388 e. The largest absolute Gasteiger partial charge is 0.388 e. The molecule has 0 spiro atoms. The third-order valence-electron chi connectivity index (χ3n) is 4.36. The van der Waals surface area contributed by atoms with Crippen LogP contribution in [0.1, 0.15) is 18.1 Å². The Labute approximate surface area is 144 Å². The lowest BCUT2D eigenvalue weighted by Crippen LogP contribution is -2.46. The van der Waals surface area contributed by atoms with Gasteiger partial charge in [0, 0.05) is 13.0 Å². The third kappa shape index (κ3) is 3.78. The van der Waals surface area contributed by atoms with Crippen LogP contribution < -0.4 is 4.90 Å². The standard InChI is InChI=1S/C18H19FN2O4/c19-15-7-4-8-16(18(15)21(23)24)20-9-10-25-12-14(20)11-17(22)13-5-2-1-3-6-13/h1-8,14,17,22H,9-12H2/t14-,17+/m1/s1. The van der Waals surface area contributed by atoms with Crippen LogP contribution in [0.2, 0.25) is 0 Å². The normalized spacial score (nSPS) is 18.8. The molecule has 1 N–H and O–H groups in total. The summed E-state index contributed by atoms with van der Waals surface area (Å²) in [6, 6.07) is 13.0. The van der Waals surface area contributed by atoms with Crippen LogP contribution in [-0.2, 0) is 4.74 Å². The lowest BCUT2D eigenvalue weighted by Gasteiger charge is -2.38. The second-order valence-corrected chi connectivity index (χ2v) is 5.95. The zero-order chi connectivity index (χ0) is 17.8. The van der Waals surface area contributed by atoms with Crippen molar-refractivity contribution in [3.05, 3.63) is 70.0 Å². The van der Waals surface area contributed by atoms with Crippen molar-refractivity contribution in [2.24, 2.45) is 0 Å². The van der Waals surface area contributed by atoms with Crippen molar-refractivity contribution in [1.82, 2.24) is 0 Å². The molecule has 132 valence electrons. The van der Waals surface area contributed by atoms with Crippen LogP contribution in [0.5, 0.6) is 0 Å². The Morgan fingerprint density at radius 3 is 2.76 bits per heavy atom. The van der Waals surface area contributed by atoms with E-state index in [-0.39, 0.29) is 11.7 Å². The van der Waals surface area contributed by atoms with E-state index in [0.717, 1.165) is 11.6 Å². The molecule has 0 aromatic heterocycles. The van der Waals surface area contributed by atoms with Gasteiger partial charge in [0.1, 0.15) is 5.69 Å². The molecule has 1 aliphatic heterocycles. The van der Waals surface area contributed by atoms with E-state index < -0.39 is 22.5 Å². The van der Waals surface area contributed by atoms with E-state index in [1.54, 1.807) is 4.90 Å². The number of hydrogen-bond donors (Lipinski definition) is 1. The lowest BCUT2D eigenvalue weighted by atomic mass is 10.00. The fourth-order valence-corrected chi connectivity index (χ4v) is 3.15. The minimum atomic E-state index is -0.864. The summed E-state index contributed by atoms with van der Waals surface area (Å²) in [5.41, 5.74) is 0.448. The highest BCUT2D eigenvalue weighted by Crippen LogP contribution is 2.34. The van der Waals surface area contributed by atoms with Crippen LogP contribution in [0.25, 0.3) is 0 Å². The van der Waals surface area contributed by atoms with Crippen molar-refractivity contribution in [2.75, 3.05) is 24.7 Å². The molecule has 25 heavy (non-hydrogen) atoms. The van der Waals surface area contributed by atoms with Gasteiger partial charge in [-0.3, -0.25) is 10.1 Å². The second-order valence-electron chi connectivity index (χ2n) is 5.95. The predicted molar refractivity (Wildman–Crippen MR) is 91.0 cm³/mol. The molecule has 0 amide bonds. The molecule has 1 heterocycles. The number of nitro benzene ring substituents is 1. The number of aliphatic hydroxyl groups is 1. The van der Waals surface area contributed by atoms with Gasteiger partial charge in [0.15, 0.2) is 0 Å². The highest BCUT2D eigenvalue weighted by molar-refractivity contribution is 5.64. The van der Waals surface area contributed by atoms with Crippen molar-refractivity contribution in [3.8, 4) is 0 Å². The molecule has 0 aliphatic carbocycles. The zero-order valence-electron chi connectivity index (χ0n) is 13.5. The van der Waals surface area contributed by atoms with Gasteiger partial charge in [0.05, 0.1) is 30.3 Å². The SMILES string of the molecule is O=[N+]([O-])c1c(F)cccc1N1CCOC[C@H]1C[C@H](O)c1ccccc1. The molecule has 0 saturated carbocycles. The summed E-state index contributed by atoms with van der Waals surface area (Å²) in [6.45, 7) is 1.11. The van der Waals surface area contributed by atoms with E-state index >= 15 is 0 Å². The van der Waals surface area contributed by atoms with Crippen LogP contribution in [0.4, 0.5) is 15.8 Å². The van der Waals surface area contributed by atoms with E-state index in [9.17, 15) is 19.6 Å². The van der Waals surface area contributed by atoms with Gasteiger partial charge < -0.3 is 14.7 Å². The Morgan fingerprint density at radius 2 is 2.04 bits per heavy atom. The summed E-state index contributed by atoms with van der Waals surface area (Å²) in [6.07, 6.45) is -0.402. The molecule has 6 nitrogen and oxygen atoms in total. The molecule has 1 fully saturated rings. The van der Waals surface area contributed by atoms with Gasteiger partial charge in [-0.2, -0.15) is 4.39 Å². The highest BCUT2D eigenvalue weighted by atomic mass is 19.1. The van der Waals surface area contributed by atoms with E-state index in [4.69, 9.17) is 4.74 Å². The van der Waals surface area contributed by atoms with E-state index in [1.807, 2.05) is 30.3 Å². The van der Waals surface area contributed by atoms with Gasteiger partial charge in [0.2, 0.25) is 5.82 Å². The second kappa shape index (κ2) is 7.58. The van der Waals surface area contributed by atoms with Crippen LogP contribution in [0.3, 0.4) is 0 Å². The molecule has 3 rings (SSSR count). The van der Waals surface area contributed by atoms with Gasteiger partial charge in [-0.1, -0.05) is 36.4 Å². The molecule has 2 atom stereocenters. The Bertz CT molecular complexity index is 741. The van der Waals surface area contributed by atoms with Crippen molar-refractivity contribution < 1.29 is 19.2 Å². The van der Waals surface area contributed by atoms with Gasteiger partial charge >= 0.3 is 5.69 Å². The average molecular weight is 346 g/mol. The Kier molecular flexibility index (Phi) is 5.25.